The molecule has 6 nitrogen and oxygen atoms in total. The Hall–Kier alpha value is -2.63. The predicted molar refractivity (Wildman–Crippen MR) is 87.2 cm³/mol. The van der Waals surface area contributed by atoms with Crippen molar-refractivity contribution in [2.45, 2.75) is 25.7 Å². The molecule has 0 aromatic heterocycles. The van der Waals surface area contributed by atoms with Crippen molar-refractivity contribution < 1.29 is 24.3 Å². The van der Waals surface area contributed by atoms with E-state index in [-0.39, 0.29) is 37.4 Å². The third-order valence-corrected chi connectivity index (χ3v) is 3.98. The van der Waals surface area contributed by atoms with Crippen molar-refractivity contribution in [1.82, 2.24) is 0 Å². The van der Waals surface area contributed by atoms with E-state index >= 15 is 0 Å². The molecule has 2 atom stereocenters. The number of nitrogens with zero attached hydrogens (tertiary/aromatic N) is 1. The number of aliphatic carboxylic acids is 1. The average molecular weight is 329 g/mol. The van der Waals surface area contributed by atoms with E-state index in [2.05, 4.69) is 4.99 Å². The van der Waals surface area contributed by atoms with Gasteiger partial charge in [0.05, 0.1) is 5.92 Å². The molecule has 0 spiro atoms. The fourth-order valence-corrected chi connectivity index (χ4v) is 2.68. The molecule has 0 unspecified atom stereocenters. The van der Waals surface area contributed by atoms with E-state index in [0.717, 1.165) is 0 Å². The number of benzene rings is 1. The first kappa shape index (κ1) is 17.7. The summed E-state index contributed by atoms with van der Waals surface area (Å²) in [5, 5.41) is 8.55. The zero-order valence-electron chi connectivity index (χ0n) is 13.2. The normalized spacial score (nSPS) is 21.2. The fraction of sp³-hybridized carbons (Fsp3) is 0.389. The highest BCUT2D eigenvalue weighted by Gasteiger charge is 2.39. The van der Waals surface area contributed by atoms with E-state index in [1.54, 1.807) is 30.3 Å². The number of carbonyl (C=O) groups is 4. The van der Waals surface area contributed by atoms with E-state index in [1.807, 2.05) is 0 Å². The molecule has 1 saturated carbocycles. The molecule has 1 aliphatic rings. The van der Waals surface area contributed by atoms with E-state index in [1.165, 1.54) is 6.21 Å². The highest BCUT2D eigenvalue weighted by atomic mass is 16.4. The third-order valence-electron chi connectivity index (χ3n) is 3.98. The Balaban J connectivity index is 2.03. The number of rotatable bonds is 7. The number of carboxylic acids is 1. The zero-order chi connectivity index (χ0) is 17.5. The summed E-state index contributed by atoms with van der Waals surface area (Å²) in [6.45, 7) is 0.237. The van der Waals surface area contributed by atoms with Gasteiger partial charge in [0.15, 0.2) is 11.6 Å². The monoisotopic (exact) mass is 329 g/mol. The first-order valence-corrected chi connectivity index (χ1v) is 7.88. The minimum atomic E-state index is -0.999. The number of ketones is 3. The van der Waals surface area contributed by atoms with Gasteiger partial charge >= 0.3 is 5.97 Å². The van der Waals surface area contributed by atoms with Crippen molar-refractivity contribution in [3.63, 3.8) is 0 Å². The number of Topliss-reactive ketones (excluding diaryl/α,β-unsaturated/α-hetero) is 3. The second-order valence-electron chi connectivity index (χ2n) is 5.72. The average Bonchev–Trinajstić information content (AvgIpc) is 2.57. The van der Waals surface area contributed by atoms with Gasteiger partial charge in [0, 0.05) is 31.2 Å². The second kappa shape index (κ2) is 8.29. The van der Waals surface area contributed by atoms with Crippen LogP contribution < -0.4 is 0 Å². The molecule has 6 heteroatoms. The summed E-state index contributed by atoms with van der Waals surface area (Å²) < 4.78 is 0. The molecular weight excluding hydrogens is 310 g/mol. The van der Waals surface area contributed by atoms with Crippen molar-refractivity contribution >= 4 is 29.5 Å². The molecule has 0 aliphatic heterocycles. The molecule has 24 heavy (non-hydrogen) atoms. The topological polar surface area (TPSA) is 101 Å². The van der Waals surface area contributed by atoms with Crippen molar-refractivity contribution in [3.05, 3.63) is 35.9 Å². The van der Waals surface area contributed by atoms with Gasteiger partial charge in [-0.2, -0.15) is 0 Å². The molecule has 0 bridgehead atoms. The van der Waals surface area contributed by atoms with E-state index < -0.39 is 23.6 Å². The van der Waals surface area contributed by atoms with Crippen molar-refractivity contribution in [1.29, 1.82) is 0 Å². The first-order valence-electron chi connectivity index (χ1n) is 7.88. The Kier molecular flexibility index (Phi) is 6.12. The smallest absolute Gasteiger partial charge is 0.303 e. The van der Waals surface area contributed by atoms with Crippen LogP contribution >= 0.6 is 0 Å². The van der Waals surface area contributed by atoms with Gasteiger partial charge < -0.3 is 5.11 Å². The fourth-order valence-electron chi connectivity index (χ4n) is 2.68. The maximum Gasteiger partial charge on any atom is 0.303 e. The molecule has 1 aliphatic carbocycles. The maximum atomic E-state index is 12.5. The molecular formula is C18H19NO5. The van der Waals surface area contributed by atoms with Crippen LogP contribution in [0.4, 0.5) is 0 Å². The van der Waals surface area contributed by atoms with Gasteiger partial charge in [-0.25, -0.2) is 0 Å². The van der Waals surface area contributed by atoms with Gasteiger partial charge in [-0.15, -0.1) is 0 Å². The summed E-state index contributed by atoms with van der Waals surface area (Å²) in [7, 11) is 0. The second-order valence-corrected chi connectivity index (χ2v) is 5.72. The molecule has 0 heterocycles. The van der Waals surface area contributed by atoms with Crippen LogP contribution in [0.15, 0.2) is 35.3 Å². The van der Waals surface area contributed by atoms with Gasteiger partial charge in [-0.05, 0) is 12.8 Å². The van der Waals surface area contributed by atoms with E-state index in [0.29, 0.717) is 12.0 Å². The van der Waals surface area contributed by atoms with Crippen LogP contribution in [0.2, 0.25) is 0 Å². The summed E-state index contributed by atoms with van der Waals surface area (Å²) >= 11 is 0. The highest BCUT2D eigenvalue weighted by molar-refractivity contribution is 6.23. The summed E-state index contributed by atoms with van der Waals surface area (Å²) in [4.78, 5) is 51.3. The van der Waals surface area contributed by atoms with Gasteiger partial charge in [0.2, 0.25) is 0 Å². The lowest BCUT2D eigenvalue weighted by Gasteiger charge is -2.23. The van der Waals surface area contributed by atoms with Crippen molar-refractivity contribution in [2.75, 3.05) is 6.54 Å². The predicted octanol–water partition coefficient (Wildman–Crippen LogP) is 1.97. The van der Waals surface area contributed by atoms with E-state index in [4.69, 9.17) is 5.11 Å². The van der Waals surface area contributed by atoms with Crippen molar-refractivity contribution in [2.24, 2.45) is 16.8 Å². The van der Waals surface area contributed by atoms with Crippen LogP contribution in [0.25, 0.3) is 0 Å². The third kappa shape index (κ3) is 4.44. The quantitative estimate of drug-likeness (QED) is 0.357. The van der Waals surface area contributed by atoms with Gasteiger partial charge in [-0.3, -0.25) is 24.2 Å². The molecule has 126 valence electrons. The molecule has 0 saturated heterocycles. The van der Waals surface area contributed by atoms with Crippen LogP contribution in [0, 0.1) is 11.8 Å². The van der Waals surface area contributed by atoms with E-state index in [9.17, 15) is 19.2 Å². The Morgan fingerprint density at radius 1 is 1.21 bits per heavy atom. The number of carbonyl (C=O) groups excluding carboxylic acids is 3. The number of hydrogen-bond donors (Lipinski definition) is 1. The standard InChI is InChI=1S/C18H19NO5/c20-15-9-8-13(17(23)12-5-2-1-3-6-12)18(24)14(15)11-19-10-4-7-16(21)22/h1-3,5-6,11,13-14H,4,7-10H2,(H,21,22)/t13-,14-/m1/s1. The largest absolute Gasteiger partial charge is 0.481 e. The summed E-state index contributed by atoms with van der Waals surface area (Å²) in [6, 6.07) is 8.55. The minimum absolute atomic E-state index is 0.0149. The first-order chi connectivity index (χ1) is 11.5. The molecule has 0 amide bonds. The summed E-state index contributed by atoms with van der Waals surface area (Å²) in [5.74, 6) is -3.65. The zero-order valence-corrected chi connectivity index (χ0v) is 13.2. The summed E-state index contributed by atoms with van der Waals surface area (Å²) in [6.07, 6.45) is 2.00. The van der Waals surface area contributed by atoms with Crippen LogP contribution in [-0.4, -0.2) is 41.2 Å². The molecule has 1 aromatic carbocycles. The van der Waals surface area contributed by atoms with Crippen LogP contribution in [0.3, 0.4) is 0 Å². The Morgan fingerprint density at radius 2 is 1.92 bits per heavy atom. The van der Waals surface area contributed by atoms with Gasteiger partial charge in [0.25, 0.3) is 0 Å². The number of carboxylic acid groups (broad SMARTS) is 1. The number of hydrogen-bond acceptors (Lipinski definition) is 5. The Morgan fingerprint density at radius 3 is 2.58 bits per heavy atom. The lowest BCUT2D eigenvalue weighted by atomic mass is 9.76. The number of aliphatic imine (C=N–C) groups is 1. The lowest BCUT2D eigenvalue weighted by Crippen LogP contribution is -2.40. The Bertz CT molecular complexity index is 665. The maximum absolute atomic E-state index is 12.5. The van der Waals surface area contributed by atoms with Crippen LogP contribution in [0.1, 0.15) is 36.0 Å². The highest BCUT2D eigenvalue weighted by Crippen LogP contribution is 2.25. The van der Waals surface area contributed by atoms with Crippen LogP contribution in [-0.2, 0) is 14.4 Å². The molecule has 0 radical (unpaired) electrons. The molecule has 1 aromatic rings. The molecule has 1 N–H and O–H groups in total. The molecule has 1 fully saturated rings. The lowest BCUT2D eigenvalue weighted by molar-refractivity contribution is -0.137. The van der Waals surface area contributed by atoms with Crippen molar-refractivity contribution in [3.8, 4) is 0 Å². The SMILES string of the molecule is O=C(O)CCCN=C[C@@H]1C(=O)CC[C@H](C(=O)c2ccccc2)C1=O. The van der Waals surface area contributed by atoms with Gasteiger partial charge in [-0.1, -0.05) is 30.3 Å². The summed E-state index contributed by atoms with van der Waals surface area (Å²) in [5.41, 5.74) is 0.461. The van der Waals surface area contributed by atoms with Gasteiger partial charge in [0.1, 0.15) is 11.7 Å². The van der Waals surface area contributed by atoms with Crippen LogP contribution in [0.5, 0.6) is 0 Å². The Labute approximate surface area is 139 Å². The minimum Gasteiger partial charge on any atom is -0.481 e. The molecule has 2 rings (SSSR count).